The topological polar surface area (TPSA) is 101 Å². The Kier molecular flexibility index (Phi) is 4.01. The Hall–Kier alpha value is -2.83. The molecule has 7 nitrogen and oxygen atoms in total. The predicted molar refractivity (Wildman–Crippen MR) is 90.6 cm³/mol. The fourth-order valence-corrected chi connectivity index (χ4v) is 2.72. The first-order valence-corrected chi connectivity index (χ1v) is 7.53. The highest BCUT2D eigenvalue weighted by molar-refractivity contribution is 5.96. The third-order valence-electron chi connectivity index (χ3n) is 4.00. The van der Waals surface area contributed by atoms with Gasteiger partial charge in [0, 0.05) is 38.1 Å². The molecule has 1 saturated heterocycles. The summed E-state index contributed by atoms with van der Waals surface area (Å²) in [5, 5.41) is 0. The smallest absolute Gasteiger partial charge is 0.254 e. The Morgan fingerprint density at radius 2 is 1.87 bits per heavy atom. The van der Waals surface area contributed by atoms with E-state index in [0.29, 0.717) is 5.95 Å². The summed E-state index contributed by atoms with van der Waals surface area (Å²) < 4.78 is 0. The summed E-state index contributed by atoms with van der Waals surface area (Å²) in [6, 6.07) is 8.48. The van der Waals surface area contributed by atoms with Crippen LogP contribution in [0.2, 0.25) is 0 Å². The van der Waals surface area contributed by atoms with Crippen LogP contribution in [-0.4, -0.2) is 42.1 Å². The van der Waals surface area contributed by atoms with Crippen molar-refractivity contribution in [2.75, 3.05) is 41.7 Å². The minimum atomic E-state index is -0.613. The van der Waals surface area contributed by atoms with E-state index in [-0.39, 0.29) is 11.4 Å². The number of carbonyl (C=O) groups is 1. The number of benzene rings is 1. The fraction of sp³-hybridized carbons (Fsp3) is 0.312. The van der Waals surface area contributed by atoms with E-state index >= 15 is 0 Å². The van der Waals surface area contributed by atoms with Gasteiger partial charge in [-0.2, -0.15) is 4.98 Å². The van der Waals surface area contributed by atoms with E-state index in [0.717, 1.165) is 26.2 Å². The number of amides is 1. The van der Waals surface area contributed by atoms with Gasteiger partial charge in [-0.05, 0) is 24.6 Å². The van der Waals surface area contributed by atoms with E-state index in [9.17, 15) is 4.79 Å². The van der Waals surface area contributed by atoms with Crippen LogP contribution in [-0.2, 0) is 0 Å². The van der Waals surface area contributed by atoms with Gasteiger partial charge >= 0.3 is 0 Å². The van der Waals surface area contributed by atoms with Crippen LogP contribution in [0.25, 0.3) is 0 Å². The molecule has 0 saturated carbocycles. The van der Waals surface area contributed by atoms with Crippen LogP contribution in [0.5, 0.6) is 0 Å². The maximum absolute atomic E-state index is 11.2. The summed E-state index contributed by atoms with van der Waals surface area (Å²) in [6.07, 6.45) is 1.40. The van der Waals surface area contributed by atoms with Crippen molar-refractivity contribution in [2.45, 2.75) is 6.92 Å². The predicted octanol–water partition coefficient (Wildman–Crippen LogP) is 0.793. The van der Waals surface area contributed by atoms with Gasteiger partial charge in [-0.3, -0.25) is 4.79 Å². The van der Waals surface area contributed by atoms with Gasteiger partial charge < -0.3 is 21.3 Å². The van der Waals surface area contributed by atoms with E-state index in [1.165, 1.54) is 17.4 Å². The quantitative estimate of drug-likeness (QED) is 0.869. The number of anilines is 3. The highest BCUT2D eigenvalue weighted by Gasteiger charge is 2.20. The van der Waals surface area contributed by atoms with Gasteiger partial charge in [-0.15, -0.1) is 0 Å². The molecule has 1 fully saturated rings. The van der Waals surface area contributed by atoms with Gasteiger partial charge in [-0.25, -0.2) is 4.98 Å². The van der Waals surface area contributed by atoms with Crippen LogP contribution in [0.15, 0.2) is 30.5 Å². The van der Waals surface area contributed by atoms with Crippen molar-refractivity contribution in [3.63, 3.8) is 0 Å². The third-order valence-corrected chi connectivity index (χ3v) is 4.00. The van der Waals surface area contributed by atoms with Crippen molar-refractivity contribution in [2.24, 2.45) is 5.73 Å². The molecule has 23 heavy (non-hydrogen) atoms. The molecule has 0 unspecified atom stereocenters. The standard InChI is InChI=1S/C16H20N6O/c1-11-3-2-4-12(9-11)21-5-7-22(8-6-21)16-19-10-13(15(18)23)14(17)20-16/h2-4,9-10H,5-8H2,1H3,(H2,18,23)(H2,17,19,20). The number of aryl methyl sites for hydroxylation is 1. The third kappa shape index (κ3) is 3.18. The molecule has 2 heterocycles. The molecule has 0 spiro atoms. The van der Waals surface area contributed by atoms with Crippen LogP contribution in [0.1, 0.15) is 15.9 Å². The zero-order valence-electron chi connectivity index (χ0n) is 13.1. The van der Waals surface area contributed by atoms with Crippen LogP contribution in [0.4, 0.5) is 17.5 Å². The average molecular weight is 312 g/mol. The molecule has 2 aromatic rings. The first-order chi connectivity index (χ1) is 11.0. The van der Waals surface area contributed by atoms with Gasteiger partial charge in [0.05, 0.1) is 5.56 Å². The highest BCUT2D eigenvalue weighted by Crippen LogP contribution is 2.20. The van der Waals surface area contributed by atoms with E-state index in [2.05, 4.69) is 51.0 Å². The van der Waals surface area contributed by atoms with Gasteiger partial charge in [0.1, 0.15) is 5.82 Å². The second-order valence-electron chi connectivity index (χ2n) is 5.65. The molecule has 0 atom stereocenters. The Labute approximate surface area is 134 Å². The van der Waals surface area contributed by atoms with Crippen molar-refractivity contribution in [3.8, 4) is 0 Å². The molecule has 0 radical (unpaired) electrons. The molecule has 3 rings (SSSR count). The molecule has 1 aromatic carbocycles. The molecule has 0 bridgehead atoms. The van der Waals surface area contributed by atoms with E-state index < -0.39 is 5.91 Å². The van der Waals surface area contributed by atoms with Crippen molar-refractivity contribution >= 4 is 23.4 Å². The van der Waals surface area contributed by atoms with Crippen molar-refractivity contribution in [1.29, 1.82) is 0 Å². The molecule has 1 aliphatic rings. The molecule has 1 aliphatic heterocycles. The zero-order chi connectivity index (χ0) is 16.4. The molecule has 1 aromatic heterocycles. The Morgan fingerprint density at radius 1 is 1.17 bits per heavy atom. The number of nitrogens with two attached hydrogens (primary N) is 2. The van der Waals surface area contributed by atoms with E-state index in [1.807, 2.05) is 0 Å². The molecular formula is C16H20N6O. The van der Waals surface area contributed by atoms with Crippen LogP contribution in [0, 0.1) is 6.92 Å². The number of piperazine rings is 1. The number of hydrogen-bond acceptors (Lipinski definition) is 6. The number of hydrogen-bond donors (Lipinski definition) is 2. The number of nitrogens with zero attached hydrogens (tertiary/aromatic N) is 4. The zero-order valence-corrected chi connectivity index (χ0v) is 13.1. The van der Waals surface area contributed by atoms with Crippen LogP contribution >= 0.6 is 0 Å². The normalized spacial score (nSPS) is 14.8. The monoisotopic (exact) mass is 312 g/mol. The Morgan fingerprint density at radius 3 is 2.48 bits per heavy atom. The lowest BCUT2D eigenvalue weighted by molar-refractivity contribution is 0.100. The maximum Gasteiger partial charge on any atom is 0.254 e. The molecule has 4 N–H and O–H groups in total. The first-order valence-electron chi connectivity index (χ1n) is 7.53. The molecular weight excluding hydrogens is 292 g/mol. The number of carbonyl (C=O) groups excluding carboxylic acids is 1. The lowest BCUT2D eigenvalue weighted by Gasteiger charge is -2.36. The molecule has 0 aliphatic carbocycles. The van der Waals surface area contributed by atoms with Gasteiger partial charge in [0.15, 0.2) is 0 Å². The minimum Gasteiger partial charge on any atom is -0.383 e. The second-order valence-corrected chi connectivity index (χ2v) is 5.65. The lowest BCUT2D eigenvalue weighted by Crippen LogP contribution is -2.47. The summed E-state index contributed by atoms with van der Waals surface area (Å²) in [6.45, 7) is 5.44. The van der Waals surface area contributed by atoms with E-state index in [1.54, 1.807) is 0 Å². The minimum absolute atomic E-state index is 0.128. The highest BCUT2D eigenvalue weighted by atomic mass is 16.1. The van der Waals surface area contributed by atoms with Gasteiger partial charge in [-0.1, -0.05) is 12.1 Å². The Bertz CT molecular complexity index is 724. The van der Waals surface area contributed by atoms with Gasteiger partial charge in [0.25, 0.3) is 5.91 Å². The number of nitrogen functional groups attached to an aromatic ring is 1. The Balaban J connectivity index is 1.69. The first kappa shape index (κ1) is 15.1. The average Bonchev–Trinajstić information content (AvgIpc) is 2.54. The summed E-state index contributed by atoms with van der Waals surface area (Å²) in [7, 11) is 0. The summed E-state index contributed by atoms with van der Waals surface area (Å²) in [5.74, 6) is 0.0540. The summed E-state index contributed by atoms with van der Waals surface area (Å²) in [5.41, 5.74) is 13.6. The maximum atomic E-state index is 11.2. The van der Waals surface area contributed by atoms with Crippen molar-refractivity contribution in [1.82, 2.24) is 9.97 Å². The van der Waals surface area contributed by atoms with Crippen LogP contribution in [0.3, 0.4) is 0 Å². The number of primary amides is 1. The molecule has 120 valence electrons. The van der Waals surface area contributed by atoms with Crippen molar-refractivity contribution < 1.29 is 4.79 Å². The van der Waals surface area contributed by atoms with Crippen LogP contribution < -0.4 is 21.3 Å². The fourth-order valence-electron chi connectivity index (χ4n) is 2.72. The van der Waals surface area contributed by atoms with Crippen molar-refractivity contribution in [3.05, 3.63) is 41.6 Å². The molecule has 7 heteroatoms. The summed E-state index contributed by atoms with van der Waals surface area (Å²) in [4.78, 5) is 24.0. The van der Waals surface area contributed by atoms with Gasteiger partial charge in [0.2, 0.25) is 5.95 Å². The molecule has 1 amide bonds. The second kappa shape index (κ2) is 6.12. The largest absolute Gasteiger partial charge is 0.383 e. The SMILES string of the molecule is Cc1cccc(N2CCN(c3ncc(C(N)=O)c(N)n3)CC2)c1. The summed E-state index contributed by atoms with van der Waals surface area (Å²) >= 11 is 0. The number of aromatic nitrogens is 2. The number of rotatable bonds is 3. The lowest BCUT2D eigenvalue weighted by atomic mass is 10.2. The van der Waals surface area contributed by atoms with E-state index in [4.69, 9.17) is 11.5 Å².